The maximum absolute atomic E-state index is 11.9. The first-order valence-electron chi connectivity index (χ1n) is 5.22. The van der Waals surface area contributed by atoms with Crippen molar-refractivity contribution in [2.45, 2.75) is 4.90 Å². The fourth-order valence-corrected chi connectivity index (χ4v) is 3.79. The molecule has 0 aliphatic heterocycles. The highest BCUT2D eigenvalue weighted by molar-refractivity contribution is 8.00. The zero-order valence-corrected chi connectivity index (χ0v) is 11.2. The van der Waals surface area contributed by atoms with Gasteiger partial charge in [0.2, 0.25) is 0 Å². The van der Waals surface area contributed by atoms with Crippen LogP contribution in [0, 0.1) is 0 Å². The van der Waals surface area contributed by atoms with E-state index >= 15 is 0 Å². The summed E-state index contributed by atoms with van der Waals surface area (Å²) in [7, 11) is -3.46. The second-order valence-electron chi connectivity index (χ2n) is 3.49. The molecule has 0 atom stereocenters. The third kappa shape index (κ3) is 4.32. The molecule has 7 heteroatoms. The normalized spacial score (nSPS) is 11.4. The molecule has 0 saturated heterocycles. The Kier molecular flexibility index (Phi) is 5.64. The molecule has 0 aliphatic rings. The van der Waals surface area contributed by atoms with E-state index < -0.39 is 15.8 Å². The number of aromatic carboxylic acids is 1. The Bertz CT molecular complexity index is 510. The molecule has 100 valence electrons. The molecule has 0 spiro atoms. The quantitative estimate of drug-likeness (QED) is 0.724. The van der Waals surface area contributed by atoms with Gasteiger partial charge in [0.05, 0.1) is 22.8 Å². The van der Waals surface area contributed by atoms with Crippen molar-refractivity contribution in [1.82, 2.24) is 0 Å². The Morgan fingerprint density at radius 3 is 2.61 bits per heavy atom. The van der Waals surface area contributed by atoms with Gasteiger partial charge < -0.3 is 10.2 Å². The lowest BCUT2D eigenvalue weighted by atomic mass is 10.2. The number of rotatable bonds is 7. The van der Waals surface area contributed by atoms with Gasteiger partial charge in [-0.25, -0.2) is 13.2 Å². The van der Waals surface area contributed by atoms with Crippen molar-refractivity contribution in [1.29, 1.82) is 0 Å². The molecule has 0 aromatic heterocycles. The number of aliphatic hydroxyl groups is 1. The SMILES string of the molecule is O=C(O)c1cccc(S(=O)(=O)CCSCCO)c1. The summed E-state index contributed by atoms with van der Waals surface area (Å²) < 4.78 is 23.8. The second kappa shape index (κ2) is 6.77. The lowest BCUT2D eigenvalue weighted by molar-refractivity contribution is 0.0696. The van der Waals surface area contributed by atoms with E-state index in [1.165, 1.54) is 30.0 Å². The molecule has 0 aliphatic carbocycles. The van der Waals surface area contributed by atoms with Crippen LogP contribution in [0.5, 0.6) is 0 Å². The standard InChI is InChI=1S/C11H14O5S2/c12-4-5-17-6-7-18(15,16)10-3-1-2-9(8-10)11(13)14/h1-3,8,12H,4-7H2,(H,13,14). The van der Waals surface area contributed by atoms with Crippen molar-refractivity contribution >= 4 is 27.6 Å². The third-order valence-corrected chi connectivity index (χ3v) is 5.11. The topological polar surface area (TPSA) is 91.7 Å². The zero-order valence-electron chi connectivity index (χ0n) is 9.57. The summed E-state index contributed by atoms with van der Waals surface area (Å²) in [5, 5.41) is 17.4. The van der Waals surface area contributed by atoms with Crippen LogP contribution < -0.4 is 0 Å². The minimum absolute atomic E-state index is 0.0131. The molecule has 0 saturated carbocycles. The van der Waals surface area contributed by atoms with Gasteiger partial charge in [0.1, 0.15) is 0 Å². The van der Waals surface area contributed by atoms with E-state index in [0.29, 0.717) is 11.5 Å². The van der Waals surface area contributed by atoms with Crippen LogP contribution in [0.1, 0.15) is 10.4 Å². The van der Waals surface area contributed by atoms with Crippen LogP contribution in [0.25, 0.3) is 0 Å². The number of sulfone groups is 1. The highest BCUT2D eigenvalue weighted by Crippen LogP contribution is 2.15. The van der Waals surface area contributed by atoms with Gasteiger partial charge in [-0.3, -0.25) is 0 Å². The number of benzene rings is 1. The lowest BCUT2D eigenvalue weighted by Crippen LogP contribution is -2.10. The average molecular weight is 290 g/mol. The number of carboxylic acids is 1. The first kappa shape index (κ1) is 15.0. The Morgan fingerprint density at radius 2 is 2.00 bits per heavy atom. The summed E-state index contributed by atoms with van der Waals surface area (Å²) in [6.45, 7) is 0.0131. The van der Waals surface area contributed by atoms with Gasteiger partial charge >= 0.3 is 5.97 Å². The monoisotopic (exact) mass is 290 g/mol. The molecule has 1 rings (SSSR count). The van der Waals surface area contributed by atoms with Gasteiger partial charge in [-0.1, -0.05) is 6.07 Å². The van der Waals surface area contributed by atoms with Crippen LogP contribution >= 0.6 is 11.8 Å². The molecule has 0 unspecified atom stereocenters. The second-order valence-corrected chi connectivity index (χ2v) is 6.82. The molecule has 0 amide bonds. The Balaban J connectivity index is 2.78. The zero-order chi connectivity index (χ0) is 13.6. The summed E-state index contributed by atoms with van der Waals surface area (Å²) in [6, 6.07) is 5.31. The summed E-state index contributed by atoms with van der Waals surface area (Å²) in [5.74, 6) is -0.354. The molecular formula is C11H14O5S2. The molecule has 0 fully saturated rings. The fraction of sp³-hybridized carbons (Fsp3) is 0.364. The number of aliphatic hydroxyl groups excluding tert-OH is 1. The largest absolute Gasteiger partial charge is 0.478 e. The van der Waals surface area contributed by atoms with E-state index in [1.807, 2.05) is 0 Å². The Labute approximate surface area is 110 Å². The predicted molar refractivity (Wildman–Crippen MR) is 69.9 cm³/mol. The number of hydrogen-bond donors (Lipinski definition) is 2. The van der Waals surface area contributed by atoms with Crippen molar-refractivity contribution in [3.05, 3.63) is 29.8 Å². The summed E-state index contributed by atoms with van der Waals surface area (Å²) in [6.07, 6.45) is 0. The van der Waals surface area contributed by atoms with Crippen LogP contribution in [0.4, 0.5) is 0 Å². The van der Waals surface area contributed by atoms with Crippen LogP contribution in [-0.2, 0) is 9.84 Å². The van der Waals surface area contributed by atoms with E-state index in [0.717, 1.165) is 6.07 Å². The van der Waals surface area contributed by atoms with E-state index in [4.69, 9.17) is 10.2 Å². The maximum Gasteiger partial charge on any atom is 0.335 e. The lowest BCUT2D eigenvalue weighted by Gasteiger charge is -2.05. The number of hydrogen-bond acceptors (Lipinski definition) is 5. The average Bonchev–Trinajstić information content (AvgIpc) is 2.35. The van der Waals surface area contributed by atoms with Gasteiger partial charge in [0, 0.05) is 11.5 Å². The number of carbonyl (C=O) groups is 1. The van der Waals surface area contributed by atoms with Gasteiger partial charge in [0.25, 0.3) is 0 Å². The molecule has 0 radical (unpaired) electrons. The van der Waals surface area contributed by atoms with Crippen molar-refractivity contribution < 1.29 is 23.4 Å². The van der Waals surface area contributed by atoms with Gasteiger partial charge in [-0.2, -0.15) is 11.8 Å². The van der Waals surface area contributed by atoms with Gasteiger partial charge in [-0.05, 0) is 18.2 Å². The van der Waals surface area contributed by atoms with E-state index in [9.17, 15) is 13.2 Å². The summed E-state index contributed by atoms with van der Waals surface area (Å²) in [4.78, 5) is 10.8. The maximum atomic E-state index is 11.9. The number of thioether (sulfide) groups is 1. The molecule has 0 bridgehead atoms. The minimum Gasteiger partial charge on any atom is -0.478 e. The molecule has 2 N–H and O–H groups in total. The molecule has 1 aromatic rings. The van der Waals surface area contributed by atoms with E-state index in [2.05, 4.69) is 0 Å². The molecule has 1 aromatic carbocycles. The Morgan fingerprint density at radius 1 is 1.28 bits per heavy atom. The van der Waals surface area contributed by atoms with E-state index in [1.54, 1.807) is 0 Å². The summed E-state index contributed by atoms with van der Waals surface area (Å²) >= 11 is 1.34. The van der Waals surface area contributed by atoms with Gasteiger partial charge in [0.15, 0.2) is 9.84 Å². The molecule has 18 heavy (non-hydrogen) atoms. The number of carboxylic acid groups (broad SMARTS) is 1. The van der Waals surface area contributed by atoms with Crippen LogP contribution in [-0.4, -0.2) is 48.5 Å². The highest BCUT2D eigenvalue weighted by Gasteiger charge is 2.15. The van der Waals surface area contributed by atoms with Crippen LogP contribution in [0.15, 0.2) is 29.2 Å². The predicted octanol–water partition coefficient (Wildman–Crippen LogP) is 0.884. The Hall–Kier alpha value is -1.05. The smallest absolute Gasteiger partial charge is 0.335 e. The van der Waals surface area contributed by atoms with Crippen molar-refractivity contribution in [3.8, 4) is 0 Å². The summed E-state index contributed by atoms with van der Waals surface area (Å²) in [5.41, 5.74) is -0.0425. The molecular weight excluding hydrogens is 276 g/mol. The van der Waals surface area contributed by atoms with Crippen molar-refractivity contribution in [2.24, 2.45) is 0 Å². The minimum atomic E-state index is -3.46. The van der Waals surface area contributed by atoms with Gasteiger partial charge in [-0.15, -0.1) is 0 Å². The van der Waals surface area contributed by atoms with E-state index in [-0.39, 0.29) is 22.8 Å². The third-order valence-electron chi connectivity index (χ3n) is 2.17. The van der Waals surface area contributed by atoms with Crippen molar-refractivity contribution in [3.63, 3.8) is 0 Å². The van der Waals surface area contributed by atoms with Crippen molar-refractivity contribution in [2.75, 3.05) is 23.9 Å². The highest BCUT2D eigenvalue weighted by atomic mass is 32.2. The van der Waals surface area contributed by atoms with Crippen LogP contribution in [0.3, 0.4) is 0 Å². The molecule has 5 nitrogen and oxygen atoms in total. The first-order valence-corrected chi connectivity index (χ1v) is 8.03. The first-order chi connectivity index (χ1) is 8.47. The fourth-order valence-electron chi connectivity index (χ4n) is 1.28. The molecule has 0 heterocycles. The van der Waals surface area contributed by atoms with Crippen LogP contribution in [0.2, 0.25) is 0 Å².